The van der Waals surface area contributed by atoms with Crippen LogP contribution < -0.4 is 4.90 Å². The van der Waals surface area contributed by atoms with Gasteiger partial charge in [0.2, 0.25) is 0 Å². The molecule has 0 saturated carbocycles. The molecular weight excluding hydrogens is 591 g/mol. The number of nitrogens with zero attached hydrogens (tertiary/aromatic N) is 1. The Morgan fingerprint density at radius 3 is 1.69 bits per heavy atom. The molecule has 0 aliphatic heterocycles. The van der Waals surface area contributed by atoms with Crippen molar-refractivity contribution in [2.45, 2.75) is 24.7 Å². The van der Waals surface area contributed by atoms with E-state index in [1.54, 1.807) is 0 Å². The van der Waals surface area contributed by atoms with E-state index in [1.165, 1.54) is 50.1 Å². The molecule has 0 saturated heterocycles. The fraction of sp³-hybridized carbons (Fsp3) is 0.0833. The van der Waals surface area contributed by atoms with E-state index in [4.69, 9.17) is 0 Å². The summed E-state index contributed by atoms with van der Waals surface area (Å²) in [7, 11) is 0. The quantitative estimate of drug-likeness (QED) is 0.176. The van der Waals surface area contributed by atoms with Crippen LogP contribution >= 0.6 is 0 Å². The Hall–Kier alpha value is -6.10. The molecule has 9 rings (SSSR count). The van der Waals surface area contributed by atoms with Gasteiger partial charge in [-0.05, 0) is 87.0 Å². The topological polar surface area (TPSA) is 3.24 Å². The molecular formula is C48H35N. The Balaban J connectivity index is 1.36. The van der Waals surface area contributed by atoms with E-state index in [1.807, 2.05) is 0 Å². The van der Waals surface area contributed by atoms with Crippen LogP contribution in [-0.4, -0.2) is 0 Å². The molecule has 1 unspecified atom stereocenters. The van der Waals surface area contributed by atoms with Crippen molar-refractivity contribution in [1.29, 1.82) is 0 Å². The summed E-state index contributed by atoms with van der Waals surface area (Å²) < 4.78 is 0. The third kappa shape index (κ3) is 4.42. The lowest BCUT2D eigenvalue weighted by Gasteiger charge is -2.31. The van der Waals surface area contributed by atoms with Gasteiger partial charge >= 0.3 is 0 Å². The maximum absolute atomic E-state index is 3.96. The summed E-state index contributed by atoms with van der Waals surface area (Å²) in [6.45, 7) is 4.71. The van der Waals surface area contributed by atoms with Gasteiger partial charge in [0.15, 0.2) is 0 Å². The summed E-state index contributed by atoms with van der Waals surface area (Å²) in [5.74, 6) is 7.62. The fourth-order valence-corrected chi connectivity index (χ4v) is 8.22. The van der Waals surface area contributed by atoms with E-state index < -0.39 is 5.41 Å². The van der Waals surface area contributed by atoms with Gasteiger partial charge in [0.1, 0.15) is 5.41 Å². The van der Waals surface area contributed by atoms with Gasteiger partial charge in [-0.25, -0.2) is 0 Å². The number of benzene rings is 7. The van der Waals surface area contributed by atoms with Crippen molar-refractivity contribution in [2.24, 2.45) is 0 Å². The molecule has 0 aromatic heterocycles. The molecule has 0 bridgehead atoms. The van der Waals surface area contributed by atoms with Crippen molar-refractivity contribution in [2.75, 3.05) is 4.90 Å². The van der Waals surface area contributed by atoms with E-state index in [0.29, 0.717) is 0 Å². The van der Waals surface area contributed by atoms with Gasteiger partial charge in [-0.3, -0.25) is 0 Å². The lowest BCUT2D eigenvalue weighted by atomic mass is 9.71. The van der Waals surface area contributed by atoms with Crippen LogP contribution in [0.2, 0.25) is 0 Å². The zero-order valence-corrected chi connectivity index (χ0v) is 27.7. The summed E-state index contributed by atoms with van der Waals surface area (Å²) in [6.07, 6.45) is 0. The minimum absolute atomic E-state index is 0.129. The number of hydrogen-bond donors (Lipinski definition) is 0. The highest BCUT2D eigenvalue weighted by molar-refractivity contribution is 5.97. The summed E-state index contributed by atoms with van der Waals surface area (Å²) in [4.78, 5) is 2.39. The second-order valence-electron chi connectivity index (χ2n) is 13.5. The number of rotatable bonds is 4. The highest BCUT2D eigenvalue weighted by Gasteiger charge is 2.46. The fourth-order valence-electron chi connectivity index (χ4n) is 8.22. The Bertz CT molecular complexity index is 2370. The third-order valence-corrected chi connectivity index (χ3v) is 10.5. The standard InChI is InChI=1S/C48H35N/c1-47(2)41-25-14-12-23-38(41)39-30-29-35(33-44(39)47)48(32-31-34-17-6-3-7-18-34)42-26-15-13-24-40(42)46-43(48)27-16-28-45(46)49(36-19-8-4-9-20-36)37-21-10-5-11-22-37/h3-30,33H,1-2H3. The SMILES string of the molecule is CC1(C)c2ccccc2-c2ccc(C3(C#Cc4ccccc4)c4ccccc4-c4c(N(c5ccccc5)c5ccccc5)cccc43)cc21. The first-order valence-electron chi connectivity index (χ1n) is 17.0. The van der Waals surface area contributed by atoms with Gasteiger partial charge in [0, 0.05) is 27.9 Å². The third-order valence-electron chi connectivity index (χ3n) is 10.5. The molecule has 0 N–H and O–H groups in total. The molecule has 232 valence electrons. The Labute approximate surface area is 289 Å². The van der Waals surface area contributed by atoms with Crippen LogP contribution in [-0.2, 0) is 10.8 Å². The molecule has 2 aliphatic carbocycles. The monoisotopic (exact) mass is 625 g/mol. The Morgan fingerprint density at radius 2 is 1.00 bits per heavy atom. The number of anilines is 3. The van der Waals surface area contributed by atoms with Crippen molar-refractivity contribution < 1.29 is 0 Å². The zero-order chi connectivity index (χ0) is 33.0. The average Bonchev–Trinajstić information content (AvgIpc) is 3.58. The van der Waals surface area contributed by atoms with Gasteiger partial charge in [-0.1, -0.05) is 159 Å². The van der Waals surface area contributed by atoms with Crippen LogP contribution in [0.25, 0.3) is 22.3 Å². The first-order chi connectivity index (χ1) is 24.1. The number of hydrogen-bond acceptors (Lipinski definition) is 1. The second kappa shape index (κ2) is 11.3. The molecule has 1 nitrogen and oxygen atoms in total. The van der Waals surface area contributed by atoms with Gasteiger partial charge in [0.05, 0.1) is 5.69 Å². The van der Waals surface area contributed by atoms with Crippen LogP contribution in [0.4, 0.5) is 17.1 Å². The summed E-state index contributed by atoms with van der Waals surface area (Å²) in [5.41, 5.74) is 15.0. The molecule has 49 heavy (non-hydrogen) atoms. The van der Waals surface area contributed by atoms with E-state index >= 15 is 0 Å². The van der Waals surface area contributed by atoms with Gasteiger partial charge in [-0.15, -0.1) is 0 Å². The smallest absolute Gasteiger partial charge is 0.108 e. The lowest BCUT2D eigenvalue weighted by molar-refractivity contribution is 0.657. The predicted octanol–water partition coefficient (Wildman–Crippen LogP) is 11.8. The van der Waals surface area contributed by atoms with Gasteiger partial charge in [-0.2, -0.15) is 0 Å². The van der Waals surface area contributed by atoms with Crippen molar-refractivity contribution in [3.8, 4) is 34.1 Å². The highest BCUT2D eigenvalue weighted by Crippen LogP contribution is 2.58. The lowest BCUT2D eigenvalue weighted by Crippen LogP contribution is -2.26. The Morgan fingerprint density at radius 1 is 0.449 bits per heavy atom. The Kier molecular flexibility index (Phi) is 6.68. The molecule has 2 aliphatic rings. The van der Waals surface area contributed by atoms with Crippen LogP contribution in [0.3, 0.4) is 0 Å². The minimum atomic E-state index is -0.698. The largest absolute Gasteiger partial charge is 0.310 e. The molecule has 0 amide bonds. The molecule has 7 aromatic rings. The zero-order valence-electron chi connectivity index (χ0n) is 27.7. The van der Waals surface area contributed by atoms with Crippen LogP contribution in [0.15, 0.2) is 176 Å². The molecule has 7 aromatic carbocycles. The molecule has 0 spiro atoms. The molecule has 0 radical (unpaired) electrons. The normalized spacial score (nSPS) is 16.0. The van der Waals surface area contributed by atoms with Gasteiger partial charge < -0.3 is 4.90 Å². The van der Waals surface area contributed by atoms with Crippen molar-refractivity contribution in [3.63, 3.8) is 0 Å². The predicted molar refractivity (Wildman–Crippen MR) is 204 cm³/mol. The maximum atomic E-state index is 3.96. The second-order valence-corrected chi connectivity index (χ2v) is 13.5. The first kappa shape index (κ1) is 29.1. The summed E-state index contributed by atoms with van der Waals surface area (Å²) in [5, 5.41) is 0. The average molecular weight is 626 g/mol. The number of para-hydroxylation sites is 2. The van der Waals surface area contributed by atoms with Gasteiger partial charge in [0.25, 0.3) is 0 Å². The van der Waals surface area contributed by atoms with Crippen molar-refractivity contribution >= 4 is 17.1 Å². The number of fused-ring (bicyclic) bond motifs is 6. The summed E-state index contributed by atoms with van der Waals surface area (Å²) >= 11 is 0. The van der Waals surface area contributed by atoms with Crippen molar-refractivity contribution in [3.05, 3.63) is 209 Å². The van der Waals surface area contributed by atoms with Crippen LogP contribution in [0.1, 0.15) is 47.2 Å². The summed E-state index contributed by atoms with van der Waals surface area (Å²) in [6, 6.07) is 63.5. The van der Waals surface area contributed by atoms with E-state index in [-0.39, 0.29) is 5.41 Å². The minimum Gasteiger partial charge on any atom is -0.310 e. The van der Waals surface area contributed by atoms with Crippen molar-refractivity contribution in [1.82, 2.24) is 0 Å². The van der Waals surface area contributed by atoms with E-state index in [2.05, 4.69) is 207 Å². The molecule has 1 atom stereocenters. The van der Waals surface area contributed by atoms with E-state index in [9.17, 15) is 0 Å². The first-order valence-corrected chi connectivity index (χ1v) is 17.0. The molecule has 1 heteroatoms. The maximum Gasteiger partial charge on any atom is 0.108 e. The molecule has 0 heterocycles. The molecule has 0 fully saturated rings. The van der Waals surface area contributed by atoms with Crippen LogP contribution in [0, 0.1) is 11.8 Å². The highest BCUT2D eigenvalue weighted by atomic mass is 15.1. The van der Waals surface area contributed by atoms with E-state index in [0.717, 1.165) is 22.6 Å². The van der Waals surface area contributed by atoms with Crippen LogP contribution in [0.5, 0.6) is 0 Å².